The number of Topliss-reactive ketones (excluding diaryl/α,β-unsaturated/α-hetero) is 1. The molecule has 1 atom stereocenters. The van der Waals surface area contributed by atoms with Gasteiger partial charge in [-0.1, -0.05) is 58.3 Å². The van der Waals surface area contributed by atoms with Crippen LogP contribution >= 0.6 is 0 Å². The fourth-order valence-corrected chi connectivity index (χ4v) is 2.99. The van der Waals surface area contributed by atoms with Crippen LogP contribution in [0.25, 0.3) is 0 Å². The van der Waals surface area contributed by atoms with Gasteiger partial charge in [-0.25, -0.2) is 4.79 Å². The summed E-state index contributed by atoms with van der Waals surface area (Å²) in [6, 6.07) is 4.25. The maximum Gasteiger partial charge on any atom is 0.342 e. The smallest absolute Gasteiger partial charge is 0.342 e. The number of rotatable bonds is 14. The van der Waals surface area contributed by atoms with Crippen LogP contribution in [-0.2, 0) is 4.74 Å². The molecule has 164 valence electrons. The third kappa shape index (κ3) is 8.99. The Morgan fingerprint density at radius 2 is 1.55 bits per heavy atom. The Balaban J connectivity index is 2.51. The van der Waals surface area contributed by atoms with Gasteiger partial charge >= 0.3 is 5.97 Å². The molecule has 2 N–H and O–H groups in total. The van der Waals surface area contributed by atoms with E-state index in [0.717, 1.165) is 19.3 Å². The molecule has 1 unspecified atom stereocenters. The average Bonchev–Trinajstić information content (AvgIpc) is 2.66. The molecular formula is C24H38O5. The maximum absolute atomic E-state index is 12.5. The first-order valence-electron chi connectivity index (χ1n) is 11.0. The molecule has 1 aromatic rings. The number of hydrogen-bond donors (Lipinski definition) is 2. The Bertz CT molecular complexity index is 649. The van der Waals surface area contributed by atoms with Gasteiger partial charge in [-0.05, 0) is 45.4 Å². The van der Waals surface area contributed by atoms with E-state index < -0.39 is 17.7 Å². The number of hydrogen-bond acceptors (Lipinski definition) is 5. The van der Waals surface area contributed by atoms with Crippen molar-refractivity contribution in [1.82, 2.24) is 0 Å². The van der Waals surface area contributed by atoms with Crippen LogP contribution in [0.2, 0.25) is 0 Å². The molecule has 0 fully saturated rings. The average molecular weight is 407 g/mol. The number of phenols is 1. The van der Waals surface area contributed by atoms with Gasteiger partial charge in [0.25, 0.3) is 0 Å². The summed E-state index contributed by atoms with van der Waals surface area (Å²) in [5.41, 5.74) is -0.763. The second-order valence-corrected chi connectivity index (χ2v) is 8.40. The van der Waals surface area contributed by atoms with Gasteiger partial charge in [-0.3, -0.25) is 4.79 Å². The molecule has 0 aliphatic rings. The fourth-order valence-electron chi connectivity index (χ4n) is 2.99. The monoisotopic (exact) mass is 406 g/mol. The molecule has 1 aromatic carbocycles. The van der Waals surface area contributed by atoms with E-state index in [1.165, 1.54) is 63.6 Å². The zero-order chi connectivity index (χ0) is 21.9. The van der Waals surface area contributed by atoms with Crippen molar-refractivity contribution in [3.05, 3.63) is 29.3 Å². The van der Waals surface area contributed by atoms with Crippen LogP contribution in [-0.4, -0.2) is 33.7 Å². The first-order valence-corrected chi connectivity index (χ1v) is 11.0. The Kier molecular flexibility index (Phi) is 11.0. The van der Waals surface area contributed by atoms with Crippen LogP contribution in [0.5, 0.6) is 5.75 Å². The van der Waals surface area contributed by atoms with Crippen molar-refractivity contribution < 1.29 is 24.5 Å². The second kappa shape index (κ2) is 12.6. The minimum atomic E-state index is -1.10. The number of phenolic OH excluding ortho intramolecular Hbond substituents is 1. The summed E-state index contributed by atoms with van der Waals surface area (Å²) >= 11 is 0. The second-order valence-electron chi connectivity index (χ2n) is 8.40. The summed E-state index contributed by atoms with van der Waals surface area (Å²) < 4.78 is 5.30. The zero-order valence-corrected chi connectivity index (χ0v) is 18.5. The van der Waals surface area contributed by atoms with Gasteiger partial charge in [0.15, 0.2) is 5.78 Å². The van der Waals surface area contributed by atoms with Crippen LogP contribution in [0, 0.1) is 0 Å². The van der Waals surface area contributed by atoms with Gasteiger partial charge in [0, 0.05) is 12.0 Å². The molecule has 0 saturated carbocycles. The number of aliphatic hydroxyl groups excluding tert-OH is 1. The van der Waals surface area contributed by atoms with Crippen molar-refractivity contribution in [2.45, 2.75) is 104 Å². The van der Waals surface area contributed by atoms with Crippen molar-refractivity contribution in [2.75, 3.05) is 0 Å². The van der Waals surface area contributed by atoms with E-state index in [1.54, 1.807) is 13.8 Å². The molecule has 0 aromatic heterocycles. The minimum absolute atomic E-state index is 0.0446. The van der Waals surface area contributed by atoms with Crippen LogP contribution in [0.1, 0.15) is 113 Å². The normalized spacial score (nSPS) is 12.6. The number of ketones is 1. The number of esters is 1. The summed E-state index contributed by atoms with van der Waals surface area (Å²) in [7, 11) is 0. The summed E-state index contributed by atoms with van der Waals surface area (Å²) in [6.07, 6.45) is 10.2. The quantitative estimate of drug-likeness (QED) is 0.231. The van der Waals surface area contributed by atoms with E-state index in [4.69, 9.17) is 4.74 Å². The summed E-state index contributed by atoms with van der Waals surface area (Å²) in [4.78, 5) is 24.8. The molecule has 0 aliphatic carbocycles. The molecule has 0 heterocycles. The van der Waals surface area contributed by atoms with Crippen molar-refractivity contribution in [1.29, 1.82) is 0 Å². The zero-order valence-electron chi connectivity index (χ0n) is 18.5. The largest absolute Gasteiger partial charge is 0.507 e. The molecule has 0 bridgehead atoms. The number of unbranched alkanes of at least 4 members (excludes halogenated alkanes) is 8. The number of ether oxygens (including phenoxy) is 1. The Hall–Kier alpha value is -1.88. The lowest BCUT2D eigenvalue weighted by Crippen LogP contribution is -2.39. The van der Waals surface area contributed by atoms with Gasteiger partial charge in [0.1, 0.15) is 16.9 Å². The first kappa shape index (κ1) is 25.2. The van der Waals surface area contributed by atoms with Crippen LogP contribution in [0.15, 0.2) is 18.2 Å². The highest BCUT2D eigenvalue weighted by Crippen LogP contribution is 2.24. The molecule has 29 heavy (non-hydrogen) atoms. The Labute approximate surface area is 175 Å². The molecule has 0 amide bonds. The molecule has 0 aliphatic heterocycles. The third-order valence-corrected chi connectivity index (χ3v) is 5.41. The van der Waals surface area contributed by atoms with Gasteiger partial charge in [0.2, 0.25) is 0 Å². The van der Waals surface area contributed by atoms with Gasteiger partial charge in [-0.2, -0.15) is 0 Å². The number of carbonyl (C=O) groups is 2. The summed E-state index contributed by atoms with van der Waals surface area (Å²) in [5.74, 6) is -1.04. The highest BCUT2D eigenvalue weighted by atomic mass is 16.6. The van der Waals surface area contributed by atoms with Crippen LogP contribution < -0.4 is 0 Å². The van der Waals surface area contributed by atoms with E-state index >= 15 is 0 Å². The topological polar surface area (TPSA) is 83.8 Å². The van der Waals surface area contributed by atoms with Gasteiger partial charge in [0.05, 0.1) is 6.10 Å². The first-order chi connectivity index (χ1) is 13.7. The van der Waals surface area contributed by atoms with E-state index in [0.29, 0.717) is 12.0 Å². The van der Waals surface area contributed by atoms with Crippen molar-refractivity contribution >= 4 is 11.8 Å². The highest BCUT2D eigenvalue weighted by molar-refractivity contribution is 6.00. The predicted octanol–water partition coefficient (Wildman–Crippen LogP) is 5.81. The standard InChI is InChI=1S/C24H38O5/c1-5-6-7-8-9-10-11-12-13-14-21(26)19-15-16-22(27)20(17-19)23(28)29-24(3,4)18(2)25/h15-18,25,27H,5-14H2,1-4H3. The third-order valence-electron chi connectivity index (χ3n) is 5.41. The molecule has 0 radical (unpaired) electrons. The predicted molar refractivity (Wildman–Crippen MR) is 115 cm³/mol. The van der Waals surface area contributed by atoms with Crippen molar-refractivity contribution in [2.24, 2.45) is 0 Å². The lowest BCUT2D eigenvalue weighted by Gasteiger charge is -2.28. The highest BCUT2D eigenvalue weighted by Gasteiger charge is 2.30. The molecule has 1 rings (SSSR count). The molecule has 5 nitrogen and oxygen atoms in total. The Morgan fingerprint density at radius 1 is 1.00 bits per heavy atom. The van der Waals surface area contributed by atoms with E-state index in [9.17, 15) is 19.8 Å². The lowest BCUT2D eigenvalue weighted by atomic mass is 10.00. The SMILES string of the molecule is CCCCCCCCCCCC(=O)c1ccc(O)c(C(=O)OC(C)(C)C(C)O)c1. The van der Waals surface area contributed by atoms with Crippen molar-refractivity contribution in [3.8, 4) is 5.75 Å². The number of aliphatic hydroxyl groups is 1. The minimum Gasteiger partial charge on any atom is -0.507 e. The van der Waals surface area contributed by atoms with Crippen molar-refractivity contribution in [3.63, 3.8) is 0 Å². The molecular weight excluding hydrogens is 368 g/mol. The van der Waals surface area contributed by atoms with Gasteiger partial charge < -0.3 is 14.9 Å². The van der Waals surface area contributed by atoms with E-state index in [-0.39, 0.29) is 17.1 Å². The van der Waals surface area contributed by atoms with E-state index in [2.05, 4.69) is 6.92 Å². The van der Waals surface area contributed by atoms with Crippen LogP contribution in [0.3, 0.4) is 0 Å². The maximum atomic E-state index is 12.5. The summed E-state index contributed by atoms with van der Waals surface area (Å²) in [5, 5.41) is 19.7. The van der Waals surface area contributed by atoms with Crippen LogP contribution in [0.4, 0.5) is 0 Å². The summed E-state index contributed by atoms with van der Waals surface area (Å²) in [6.45, 7) is 6.92. The number of carbonyl (C=O) groups excluding carboxylic acids is 2. The Morgan fingerprint density at radius 3 is 2.10 bits per heavy atom. The van der Waals surface area contributed by atoms with E-state index in [1.807, 2.05) is 0 Å². The fraction of sp³-hybridized carbons (Fsp3) is 0.667. The molecule has 0 spiro atoms. The lowest BCUT2D eigenvalue weighted by molar-refractivity contribution is -0.0616. The molecule has 0 saturated heterocycles. The molecule has 5 heteroatoms. The number of aromatic hydroxyl groups is 1. The van der Waals surface area contributed by atoms with Gasteiger partial charge in [-0.15, -0.1) is 0 Å². The number of benzene rings is 1.